The Labute approximate surface area is 140 Å². The molecule has 0 fully saturated rings. The van der Waals surface area contributed by atoms with Gasteiger partial charge in [0, 0.05) is 27.6 Å². The van der Waals surface area contributed by atoms with E-state index in [1.54, 1.807) is 0 Å². The van der Waals surface area contributed by atoms with Gasteiger partial charge in [-0.1, -0.05) is 72.8 Å². The lowest BCUT2D eigenvalue weighted by Crippen LogP contribution is -2.18. The van der Waals surface area contributed by atoms with Gasteiger partial charge in [-0.3, -0.25) is 4.79 Å². The fourth-order valence-corrected chi connectivity index (χ4v) is 3.81. The first kappa shape index (κ1) is 13.3. The number of benzene rings is 3. The van der Waals surface area contributed by atoms with E-state index in [4.69, 9.17) is 0 Å². The number of carbonyl (C=O) groups excluding carboxylic acids is 1. The van der Waals surface area contributed by atoms with Gasteiger partial charge in [0.2, 0.25) is 0 Å². The van der Waals surface area contributed by atoms with Crippen LogP contribution in [0.25, 0.3) is 33.3 Å². The summed E-state index contributed by atoms with van der Waals surface area (Å²) in [7, 11) is 0. The van der Waals surface area contributed by atoms with Crippen LogP contribution < -0.4 is 0 Å². The lowest BCUT2D eigenvalue weighted by Gasteiger charge is -2.20. The van der Waals surface area contributed by atoms with Crippen LogP contribution in [0.3, 0.4) is 0 Å². The first-order valence-electron chi connectivity index (χ1n) is 8.14. The summed E-state index contributed by atoms with van der Waals surface area (Å²) in [5.41, 5.74) is 6.53. The number of rotatable bonds is 1. The smallest absolute Gasteiger partial charge is 0.183 e. The highest BCUT2D eigenvalue weighted by molar-refractivity contribution is 6.12. The average molecular weight is 309 g/mol. The summed E-state index contributed by atoms with van der Waals surface area (Å²) in [5, 5.41) is 1.20. The van der Waals surface area contributed by atoms with Gasteiger partial charge in [0.15, 0.2) is 5.78 Å². The molecule has 4 aromatic rings. The predicted octanol–water partition coefficient (Wildman–Crippen LogP) is 5.17. The summed E-state index contributed by atoms with van der Waals surface area (Å²) in [6.45, 7) is 0.402. The molecule has 114 valence electrons. The molecule has 1 aliphatic rings. The molecule has 2 heteroatoms. The molecule has 0 atom stereocenters. The molecule has 0 unspecified atom stereocenters. The summed E-state index contributed by atoms with van der Waals surface area (Å²) < 4.78 is 2.17. The van der Waals surface area contributed by atoms with Crippen molar-refractivity contribution in [2.45, 2.75) is 6.54 Å². The second kappa shape index (κ2) is 4.93. The number of fused-ring (bicyclic) bond motifs is 5. The third-order valence-electron chi connectivity index (χ3n) is 4.82. The van der Waals surface area contributed by atoms with Gasteiger partial charge < -0.3 is 4.57 Å². The first-order valence-corrected chi connectivity index (χ1v) is 8.14. The molecule has 5 rings (SSSR count). The van der Waals surface area contributed by atoms with E-state index >= 15 is 0 Å². The van der Waals surface area contributed by atoms with E-state index in [2.05, 4.69) is 53.1 Å². The van der Waals surface area contributed by atoms with E-state index in [1.165, 1.54) is 16.5 Å². The van der Waals surface area contributed by atoms with Crippen molar-refractivity contribution in [1.29, 1.82) is 0 Å². The molecule has 0 radical (unpaired) electrons. The van der Waals surface area contributed by atoms with Crippen molar-refractivity contribution in [2.24, 2.45) is 0 Å². The van der Waals surface area contributed by atoms with Crippen LogP contribution in [0.5, 0.6) is 0 Å². The highest BCUT2D eigenvalue weighted by atomic mass is 16.1. The summed E-state index contributed by atoms with van der Waals surface area (Å²) in [4.78, 5) is 12.6. The number of Topliss-reactive ketones (excluding diaryl/α,β-unsaturated/α-hetero) is 1. The largest absolute Gasteiger partial charge is 0.332 e. The van der Waals surface area contributed by atoms with E-state index in [-0.39, 0.29) is 5.78 Å². The maximum atomic E-state index is 12.6. The van der Waals surface area contributed by atoms with Crippen molar-refractivity contribution in [3.05, 3.63) is 84.4 Å². The van der Waals surface area contributed by atoms with Crippen molar-refractivity contribution < 1.29 is 4.79 Å². The maximum absolute atomic E-state index is 12.6. The Morgan fingerprint density at radius 2 is 1.38 bits per heavy atom. The molecule has 2 heterocycles. The minimum atomic E-state index is 0.179. The molecule has 0 bridgehead atoms. The zero-order valence-electron chi connectivity index (χ0n) is 13.1. The number of hydrogen-bond donors (Lipinski definition) is 0. The number of ketones is 1. The molecule has 1 aromatic heterocycles. The second-order valence-corrected chi connectivity index (χ2v) is 6.16. The topological polar surface area (TPSA) is 22.0 Å². The Morgan fingerprint density at radius 3 is 2.21 bits per heavy atom. The van der Waals surface area contributed by atoms with Gasteiger partial charge in [-0.2, -0.15) is 0 Å². The third kappa shape index (κ3) is 1.74. The lowest BCUT2D eigenvalue weighted by molar-refractivity contribution is 0.0971. The average Bonchev–Trinajstić information content (AvgIpc) is 2.97. The third-order valence-corrected chi connectivity index (χ3v) is 4.82. The van der Waals surface area contributed by atoms with Crippen LogP contribution >= 0.6 is 0 Å². The summed E-state index contributed by atoms with van der Waals surface area (Å²) in [6.07, 6.45) is 0. The van der Waals surface area contributed by atoms with Crippen LogP contribution in [-0.2, 0) is 6.54 Å². The summed E-state index contributed by atoms with van der Waals surface area (Å²) in [6, 6.07) is 26.7. The van der Waals surface area contributed by atoms with Gasteiger partial charge in [0.1, 0.15) is 0 Å². The molecule has 0 spiro atoms. The van der Waals surface area contributed by atoms with Crippen LogP contribution in [0, 0.1) is 0 Å². The minimum Gasteiger partial charge on any atom is -0.332 e. The predicted molar refractivity (Wildman–Crippen MR) is 97.1 cm³/mol. The van der Waals surface area contributed by atoms with Gasteiger partial charge in [-0.25, -0.2) is 0 Å². The maximum Gasteiger partial charge on any atom is 0.183 e. The molecule has 0 N–H and O–H groups in total. The minimum absolute atomic E-state index is 0.179. The monoisotopic (exact) mass is 309 g/mol. The molecular weight excluding hydrogens is 294 g/mol. The molecule has 3 aromatic carbocycles. The summed E-state index contributed by atoms with van der Waals surface area (Å²) >= 11 is 0. The standard InChI is InChI=1S/C22H15NO/c24-20-14-23-19-13-7-6-12-18(19)21(15-8-2-1-3-9-15)22(23)17-11-5-4-10-16(17)20/h1-13H,14H2. The SMILES string of the molecule is O=C1Cn2c(c(-c3ccccc3)c3ccccc32)-c2ccccc21. The van der Waals surface area contributed by atoms with Crippen LogP contribution in [0.1, 0.15) is 10.4 Å². The van der Waals surface area contributed by atoms with Crippen molar-refractivity contribution in [3.8, 4) is 22.4 Å². The highest BCUT2D eigenvalue weighted by Gasteiger charge is 2.28. The Hall–Kier alpha value is -3.13. The molecular formula is C22H15NO. The van der Waals surface area contributed by atoms with Crippen LogP contribution in [0.4, 0.5) is 0 Å². The van der Waals surface area contributed by atoms with E-state index in [1.807, 2.05) is 30.3 Å². The molecule has 2 nitrogen and oxygen atoms in total. The van der Waals surface area contributed by atoms with Crippen molar-refractivity contribution in [3.63, 3.8) is 0 Å². The number of carbonyl (C=O) groups is 1. The Morgan fingerprint density at radius 1 is 0.708 bits per heavy atom. The van der Waals surface area contributed by atoms with Crippen LogP contribution in [-0.4, -0.2) is 10.4 Å². The fraction of sp³-hybridized carbons (Fsp3) is 0.0455. The number of hydrogen-bond acceptors (Lipinski definition) is 1. The number of para-hydroxylation sites is 1. The quantitative estimate of drug-likeness (QED) is 0.475. The zero-order chi connectivity index (χ0) is 16.1. The van der Waals surface area contributed by atoms with Crippen molar-refractivity contribution >= 4 is 16.7 Å². The Bertz CT molecular complexity index is 1090. The molecule has 24 heavy (non-hydrogen) atoms. The van der Waals surface area contributed by atoms with Crippen LogP contribution in [0.15, 0.2) is 78.9 Å². The normalized spacial score (nSPS) is 12.9. The Balaban J connectivity index is 1.97. The molecule has 0 saturated heterocycles. The molecule has 0 amide bonds. The fourth-order valence-electron chi connectivity index (χ4n) is 3.81. The first-order chi connectivity index (χ1) is 11.8. The Kier molecular flexibility index (Phi) is 2.74. The van der Waals surface area contributed by atoms with Gasteiger partial charge in [-0.15, -0.1) is 0 Å². The highest BCUT2D eigenvalue weighted by Crippen LogP contribution is 2.43. The van der Waals surface area contributed by atoms with Crippen molar-refractivity contribution in [1.82, 2.24) is 4.57 Å². The number of aromatic nitrogens is 1. The molecule has 0 saturated carbocycles. The lowest BCUT2D eigenvalue weighted by atomic mass is 9.92. The van der Waals surface area contributed by atoms with E-state index in [9.17, 15) is 4.79 Å². The summed E-state index contributed by atoms with van der Waals surface area (Å²) in [5.74, 6) is 0.179. The van der Waals surface area contributed by atoms with E-state index < -0.39 is 0 Å². The second-order valence-electron chi connectivity index (χ2n) is 6.16. The van der Waals surface area contributed by atoms with Crippen molar-refractivity contribution in [2.75, 3.05) is 0 Å². The van der Waals surface area contributed by atoms with E-state index in [0.29, 0.717) is 6.54 Å². The van der Waals surface area contributed by atoms with Gasteiger partial charge in [-0.05, 0) is 11.6 Å². The van der Waals surface area contributed by atoms with Crippen LogP contribution in [0.2, 0.25) is 0 Å². The van der Waals surface area contributed by atoms with E-state index in [0.717, 1.165) is 22.3 Å². The van der Waals surface area contributed by atoms with Gasteiger partial charge in [0.25, 0.3) is 0 Å². The van der Waals surface area contributed by atoms with Gasteiger partial charge in [0.05, 0.1) is 12.2 Å². The van der Waals surface area contributed by atoms with Gasteiger partial charge >= 0.3 is 0 Å². The number of nitrogens with zero attached hydrogens (tertiary/aromatic N) is 1. The molecule has 1 aliphatic heterocycles. The zero-order valence-corrected chi connectivity index (χ0v) is 13.1. The molecule has 0 aliphatic carbocycles.